The van der Waals surface area contributed by atoms with Gasteiger partial charge >= 0.3 is 0 Å². The molecule has 0 saturated heterocycles. The van der Waals surface area contributed by atoms with Crippen LogP contribution < -0.4 is 9.62 Å². The van der Waals surface area contributed by atoms with Crippen molar-refractivity contribution in [2.24, 2.45) is 0 Å². The summed E-state index contributed by atoms with van der Waals surface area (Å²) in [5.41, 5.74) is 4.97. The number of carbonyl (C=O) groups excluding carboxylic acids is 1. The molecule has 0 saturated carbocycles. The van der Waals surface area contributed by atoms with E-state index >= 15 is 0 Å². The third-order valence-corrected chi connectivity index (χ3v) is 7.90. The van der Waals surface area contributed by atoms with Crippen molar-refractivity contribution >= 4 is 33.6 Å². The highest BCUT2D eigenvalue weighted by atomic mass is 32.2. The summed E-state index contributed by atoms with van der Waals surface area (Å²) in [6.07, 6.45) is 1.76. The summed E-state index contributed by atoms with van der Waals surface area (Å²) < 4.78 is 26.6. The molecule has 1 amide bonds. The Bertz CT molecular complexity index is 1460. The molecule has 4 aromatic rings. The molecule has 4 aromatic carbocycles. The lowest BCUT2D eigenvalue weighted by molar-refractivity contribution is -0.122. The summed E-state index contributed by atoms with van der Waals surface area (Å²) in [6, 6.07) is 28.5. The van der Waals surface area contributed by atoms with Gasteiger partial charge in [-0.25, -0.2) is 0 Å². The maximum atomic E-state index is 13.4. The molecule has 0 bridgehead atoms. The zero-order chi connectivity index (χ0) is 26.6. The molecule has 3 unspecified atom stereocenters. The molecule has 3 atom stereocenters. The Labute approximate surface area is 226 Å². The SMILES string of the molecule is CN(C)Cc1ccc2c(c1)CCC2NC(=O)CC(c1ccccc1)N(c1ccc2ccccc2c1)S(=O)[O-]. The molecule has 6 nitrogen and oxygen atoms in total. The van der Waals surface area contributed by atoms with Crippen LogP contribution in [0.1, 0.15) is 47.2 Å². The molecule has 0 aliphatic heterocycles. The minimum Gasteiger partial charge on any atom is -0.755 e. The minimum atomic E-state index is -2.59. The van der Waals surface area contributed by atoms with Crippen molar-refractivity contribution in [3.05, 3.63) is 113 Å². The van der Waals surface area contributed by atoms with Gasteiger partial charge in [0.25, 0.3) is 0 Å². The first kappa shape index (κ1) is 26.1. The van der Waals surface area contributed by atoms with Crippen molar-refractivity contribution in [1.29, 1.82) is 0 Å². The van der Waals surface area contributed by atoms with Crippen LogP contribution in [-0.2, 0) is 29.0 Å². The number of rotatable bonds is 9. The van der Waals surface area contributed by atoms with E-state index in [4.69, 9.17) is 0 Å². The van der Waals surface area contributed by atoms with Crippen molar-refractivity contribution in [3.8, 4) is 0 Å². The van der Waals surface area contributed by atoms with Gasteiger partial charge in [0.05, 0.1) is 18.5 Å². The summed E-state index contributed by atoms with van der Waals surface area (Å²) in [4.78, 5) is 15.6. The molecule has 196 valence electrons. The number of hydrogen-bond acceptors (Lipinski definition) is 4. The van der Waals surface area contributed by atoms with Gasteiger partial charge in [0, 0.05) is 23.5 Å². The van der Waals surface area contributed by atoms with Crippen LogP contribution in [0.2, 0.25) is 0 Å². The molecule has 38 heavy (non-hydrogen) atoms. The van der Waals surface area contributed by atoms with E-state index < -0.39 is 17.3 Å². The summed E-state index contributed by atoms with van der Waals surface area (Å²) in [6.45, 7) is 0.875. The standard InChI is InChI=1S/C31H33N3O3S/c1-33(2)21-22-12-16-28-26(18-22)14-17-29(28)32-31(35)20-30(24-9-4-3-5-10-24)34(38(36)37)27-15-13-23-8-6-7-11-25(23)19-27/h3-13,15-16,18-19,29-30H,14,17,20-21H2,1-2H3,(H,32,35)(H,36,37)/p-1. The smallest absolute Gasteiger partial charge is 0.222 e. The van der Waals surface area contributed by atoms with Gasteiger partial charge in [-0.15, -0.1) is 0 Å². The van der Waals surface area contributed by atoms with Crippen molar-refractivity contribution in [3.63, 3.8) is 0 Å². The molecule has 1 aliphatic rings. The maximum absolute atomic E-state index is 13.4. The third kappa shape index (κ3) is 5.80. The molecule has 7 heteroatoms. The molecule has 0 fully saturated rings. The summed E-state index contributed by atoms with van der Waals surface area (Å²) in [7, 11) is 4.10. The first-order chi connectivity index (χ1) is 18.4. The number of fused-ring (bicyclic) bond motifs is 2. The van der Waals surface area contributed by atoms with Crippen molar-refractivity contribution in [2.75, 3.05) is 18.4 Å². The maximum Gasteiger partial charge on any atom is 0.222 e. The topological polar surface area (TPSA) is 75.7 Å². The van der Waals surface area contributed by atoms with Gasteiger partial charge in [-0.2, -0.15) is 0 Å². The average Bonchev–Trinajstić information content (AvgIpc) is 3.29. The van der Waals surface area contributed by atoms with Crippen LogP contribution in [-0.4, -0.2) is 33.7 Å². The quantitative estimate of drug-likeness (QED) is 0.295. The normalized spacial score (nSPS) is 16.3. The number of hydrogen-bond donors (Lipinski definition) is 1. The highest BCUT2D eigenvalue weighted by molar-refractivity contribution is 7.80. The number of amides is 1. The van der Waals surface area contributed by atoms with Crippen LogP contribution in [0.3, 0.4) is 0 Å². The zero-order valence-corrected chi connectivity index (χ0v) is 22.5. The fraction of sp³-hybridized carbons (Fsp3) is 0.258. The summed E-state index contributed by atoms with van der Waals surface area (Å²) in [5.74, 6) is -0.176. The highest BCUT2D eigenvalue weighted by Crippen LogP contribution is 2.35. The number of nitrogens with zero attached hydrogens (tertiary/aromatic N) is 2. The van der Waals surface area contributed by atoms with Crippen molar-refractivity contribution in [2.45, 2.75) is 37.9 Å². The Kier molecular flexibility index (Phi) is 7.88. The Balaban J connectivity index is 1.40. The van der Waals surface area contributed by atoms with E-state index in [9.17, 15) is 13.6 Å². The summed E-state index contributed by atoms with van der Waals surface area (Å²) >= 11 is -2.59. The molecule has 0 heterocycles. The Morgan fingerprint density at radius 3 is 2.45 bits per heavy atom. The molecule has 1 N–H and O–H groups in total. The second-order valence-electron chi connectivity index (χ2n) is 10.1. The number of nitrogens with one attached hydrogen (secondary N) is 1. The number of benzene rings is 4. The fourth-order valence-electron chi connectivity index (χ4n) is 5.41. The second-order valence-corrected chi connectivity index (χ2v) is 11.0. The second kappa shape index (κ2) is 11.5. The van der Waals surface area contributed by atoms with Gasteiger partial charge in [0.15, 0.2) is 0 Å². The van der Waals surface area contributed by atoms with Crippen LogP contribution in [0, 0.1) is 0 Å². The largest absolute Gasteiger partial charge is 0.755 e. The first-order valence-corrected chi connectivity index (χ1v) is 13.9. The van der Waals surface area contributed by atoms with E-state index in [0.29, 0.717) is 5.69 Å². The van der Waals surface area contributed by atoms with Crippen LogP contribution in [0.25, 0.3) is 10.8 Å². The molecular formula is C31H32N3O3S-. The van der Waals surface area contributed by atoms with Crippen LogP contribution in [0.5, 0.6) is 0 Å². The molecule has 5 rings (SSSR count). The highest BCUT2D eigenvalue weighted by Gasteiger charge is 2.29. The number of carbonyl (C=O) groups is 1. The lowest BCUT2D eigenvalue weighted by Gasteiger charge is -2.35. The summed E-state index contributed by atoms with van der Waals surface area (Å²) in [5, 5.41) is 5.15. The first-order valence-electron chi connectivity index (χ1n) is 12.9. The molecule has 0 radical (unpaired) electrons. The van der Waals surface area contributed by atoms with Crippen LogP contribution in [0.15, 0.2) is 91.0 Å². The Morgan fingerprint density at radius 1 is 0.974 bits per heavy atom. The monoisotopic (exact) mass is 526 g/mol. The zero-order valence-electron chi connectivity index (χ0n) is 21.7. The average molecular weight is 527 g/mol. The van der Waals surface area contributed by atoms with Crippen molar-refractivity contribution in [1.82, 2.24) is 10.2 Å². The number of anilines is 1. The third-order valence-electron chi connectivity index (χ3n) is 7.11. The van der Waals surface area contributed by atoms with Crippen LogP contribution >= 0.6 is 0 Å². The van der Waals surface area contributed by atoms with E-state index in [0.717, 1.165) is 41.3 Å². The Morgan fingerprint density at radius 2 is 1.71 bits per heavy atom. The van der Waals surface area contributed by atoms with E-state index in [2.05, 4.69) is 42.5 Å². The van der Waals surface area contributed by atoms with Gasteiger partial charge < -0.3 is 14.8 Å². The molecule has 0 spiro atoms. The lowest BCUT2D eigenvalue weighted by Crippen LogP contribution is -2.36. The van der Waals surface area contributed by atoms with E-state index in [1.807, 2.05) is 66.7 Å². The van der Waals surface area contributed by atoms with Gasteiger partial charge in [0.2, 0.25) is 5.91 Å². The van der Waals surface area contributed by atoms with E-state index in [-0.39, 0.29) is 18.4 Å². The van der Waals surface area contributed by atoms with E-state index in [1.54, 1.807) is 6.07 Å². The van der Waals surface area contributed by atoms with Gasteiger partial charge in [-0.05, 0) is 72.1 Å². The van der Waals surface area contributed by atoms with Crippen LogP contribution in [0.4, 0.5) is 5.69 Å². The predicted octanol–water partition coefficient (Wildman–Crippen LogP) is 5.44. The van der Waals surface area contributed by atoms with E-state index in [1.165, 1.54) is 15.4 Å². The lowest BCUT2D eigenvalue weighted by atomic mass is 10.0. The van der Waals surface area contributed by atoms with Gasteiger partial charge in [0.1, 0.15) is 0 Å². The van der Waals surface area contributed by atoms with Gasteiger partial charge in [-0.3, -0.25) is 13.3 Å². The number of aryl methyl sites for hydroxylation is 1. The molecule has 1 aliphatic carbocycles. The molecular weight excluding hydrogens is 494 g/mol. The van der Waals surface area contributed by atoms with Gasteiger partial charge in [-0.1, -0.05) is 78.9 Å². The Hall–Kier alpha value is -3.52. The minimum absolute atomic E-state index is 0.00929. The predicted molar refractivity (Wildman–Crippen MR) is 152 cm³/mol. The van der Waals surface area contributed by atoms with Crippen molar-refractivity contribution < 1.29 is 13.6 Å². The molecule has 0 aromatic heterocycles. The fourth-order valence-corrected chi connectivity index (χ4v) is 6.10.